The smallest absolute Gasteiger partial charge is 0.358 e. The number of hydrogen-bond acceptors (Lipinski definition) is 2. The molecule has 0 amide bonds. The average Bonchev–Trinajstić information content (AvgIpc) is 2.59. The van der Waals surface area contributed by atoms with Crippen LogP contribution in [0.25, 0.3) is 0 Å². The van der Waals surface area contributed by atoms with Gasteiger partial charge in [0.25, 0.3) is 0 Å². The Labute approximate surface area is 152 Å². The summed E-state index contributed by atoms with van der Waals surface area (Å²) < 4.78 is 39.2. The average molecular weight is 413 g/mol. The summed E-state index contributed by atoms with van der Waals surface area (Å²) in [4.78, 5) is 3.96. The lowest BCUT2D eigenvalue weighted by molar-refractivity contribution is -0.137. The molecule has 0 radical (unpaired) electrons. The van der Waals surface area contributed by atoms with E-state index in [2.05, 4.69) is 36.8 Å². The minimum atomic E-state index is -4.38. The Balaban J connectivity index is 2.44. The van der Waals surface area contributed by atoms with Crippen molar-refractivity contribution in [1.29, 1.82) is 0 Å². The van der Waals surface area contributed by atoms with Gasteiger partial charge in [0.05, 0.1) is 11.3 Å². The maximum atomic E-state index is 12.8. The number of hydrazone groups is 1. The van der Waals surface area contributed by atoms with E-state index < -0.39 is 11.7 Å². The maximum absolute atomic E-state index is 12.8. The first-order valence-electron chi connectivity index (χ1n) is 7.27. The summed E-state index contributed by atoms with van der Waals surface area (Å²) in [6.45, 7) is 0. The summed E-state index contributed by atoms with van der Waals surface area (Å²) in [5.41, 5.74) is 3.87. The summed E-state index contributed by atoms with van der Waals surface area (Å²) in [6.07, 6.45) is -4.38. The molecule has 4 nitrogen and oxygen atoms in total. The zero-order chi connectivity index (χ0) is 18.4. The number of nitrogens with zero attached hydrogens (tertiary/aromatic N) is 2. The van der Waals surface area contributed by atoms with Crippen molar-refractivity contribution in [3.63, 3.8) is 0 Å². The van der Waals surface area contributed by atoms with Gasteiger partial charge in [0.1, 0.15) is 0 Å². The molecule has 0 saturated carbocycles. The highest BCUT2D eigenvalue weighted by Gasteiger charge is 2.30. The monoisotopic (exact) mass is 412 g/mol. The number of aliphatic imine (C=N–C) groups is 1. The first-order valence-corrected chi connectivity index (χ1v) is 8.06. The number of rotatable bonds is 3. The van der Waals surface area contributed by atoms with Crippen LogP contribution < -0.4 is 10.7 Å². The first-order chi connectivity index (χ1) is 11.8. The fraction of sp³-hybridized carbons (Fsp3) is 0.176. The summed E-state index contributed by atoms with van der Waals surface area (Å²) in [5, 5.41) is 7.13. The molecule has 25 heavy (non-hydrogen) atoms. The lowest BCUT2D eigenvalue weighted by Gasteiger charge is -2.11. The van der Waals surface area contributed by atoms with Gasteiger partial charge in [-0.3, -0.25) is 4.99 Å². The second-order valence-electron chi connectivity index (χ2n) is 4.98. The van der Waals surface area contributed by atoms with E-state index in [9.17, 15) is 13.2 Å². The highest BCUT2D eigenvalue weighted by atomic mass is 79.9. The molecule has 2 aromatic rings. The van der Waals surface area contributed by atoms with Gasteiger partial charge >= 0.3 is 6.18 Å². The third-order valence-corrected chi connectivity index (χ3v) is 3.87. The Morgan fingerprint density at radius 1 is 0.960 bits per heavy atom. The van der Waals surface area contributed by atoms with Crippen LogP contribution in [0.3, 0.4) is 0 Å². The van der Waals surface area contributed by atoms with E-state index in [1.807, 2.05) is 24.3 Å². The first kappa shape index (κ1) is 19.0. The van der Waals surface area contributed by atoms with Crippen LogP contribution in [0.15, 0.2) is 63.1 Å². The minimum Gasteiger partial charge on any atom is -0.358 e. The van der Waals surface area contributed by atoms with Crippen molar-refractivity contribution in [3.05, 3.63) is 69.7 Å². The molecule has 0 bridgehead atoms. The molecule has 8 heteroatoms. The number of benzene rings is 2. The van der Waals surface area contributed by atoms with E-state index in [0.29, 0.717) is 17.2 Å². The van der Waals surface area contributed by atoms with Gasteiger partial charge < -0.3 is 5.32 Å². The van der Waals surface area contributed by atoms with Crippen LogP contribution in [0.5, 0.6) is 0 Å². The number of halogens is 4. The Hall–Kier alpha value is -2.35. The van der Waals surface area contributed by atoms with E-state index in [-0.39, 0.29) is 0 Å². The third-order valence-electron chi connectivity index (χ3n) is 3.34. The Morgan fingerprint density at radius 3 is 1.92 bits per heavy atom. The second kappa shape index (κ2) is 8.15. The summed E-state index contributed by atoms with van der Waals surface area (Å²) >= 11 is 3.36. The van der Waals surface area contributed by atoms with E-state index in [1.165, 1.54) is 12.1 Å². The van der Waals surface area contributed by atoms with Gasteiger partial charge in [0, 0.05) is 29.7 Å². The number of hydrogen-bond donors (Lipinski definition) is 2. The van der Waals surface area contributed by atoms with Gasteiger partial charge in [-0.25, -0.2) is 5.43 Å². The predicted molar refractivity (Wildman–Crippen MR) is 96.8 cm³/mol. The molecule has 2 N–H and O–H groups in total. The quantitative estimate of drug-likeness (QED) is 0.454. The van der Waals surface area contributed by atoms with Crippen molar-refractivity contribution in [2.45, 2.75) is 6.18 Å². The molecule has 2 rings (SSSR count). The van der Waals surface area contributed by atoms with Crippen molar-refractivity contribution < 1.29 is 13.2 Å². The Kier molecular flexibility index (Phi) is 6.19. The van der Waals surface area contributed by atoms with Gasteiger partial charge in [0.15, 0.2) is 0 Å². The van der Waals surface area contributed by atoms with E-state index >= 15 is 0 Å². The Morgan fingerprint density at radius 2 is 1.48 bits per heavy atom. The standard InChI is InChI=1S/C17H16BrF3N4/c1-22-16(23-2)25-24-15(12-5-9-14(18)10-6-12)11-3-7-13(8-4-11)17(19,20)21/h3-10H,1-2H3,(H2,22,23,25). The molecule has 0 saturated heterocycles. The zero-order valence-electron chi connectivity index (χ0n) is 13.5. The number of alkyl halides is 3. The molecule has 0 aromatic heterocycles. The lowest BCUT2D eigenvalue weighted by atomic mass is 10.0. The molecule has 0 atom stereocenters. The topological polar surface area (TPSA) is 48.8 Å². The van der Waals surface area contributed by atoms with E-state index in [1.54, 1.807) is 14.1 Å². The largest absolute Gasteiger partial charge is 0.416 e. The SMILES string of the molecule is CN=C(NC)NN=C(c1ccc(Br)cc1)c1ccc(C(F)(F)F)cc1. The highest BCUT2D eigenvalue weighted by Crippen LogP contribution is 2.29. The van der Waals surface area contributed by atoms with Gasteiger partial charge in [-0.15, -0.1) is 0 Å². The molecule has 2 aromatic carbocycles. The predicted octanol–water partition coefficient (Wildman–Crippen LogP) is 4.02. The summed E-state index contributed by atoms with van der Waals surface area (Å²) in [7, 11) is 3.27. The fourth-order valence-corrected chi connectivity index (χ4v) is 2.31. The molecule has 132 valence electrons. The molecule has 0 fully saturated rings. The van der Waals surface area contributed by atoms with Crippen LogP contribution in [-0.2, 0) is 6.18 Å². The summed E-state index contributed by atoms with van der Waals surface area (Å²) in [6, 6.07) is 12.2. The zero-order valence-corrected chi connectivity index (χ0v) is 15.1. The van der Waals surface area contributed by atoms with Gasteiger partial charge in [-0.1, -0.05) is 40.2 Å². The molecular formula is C17H16BrF3N4. The van der Waals surface area contributed by atoms with Crippen molar-refractivity contribution in [2.24, 2.45) is 10.1 Å². The van der Waals surface area contributed by atoms with Crippen LogP contribution in [-0.4, -0.2) is 25.8 Å². The van der Waals surface area contributed by atoms with Crippen molar-refractivity contribution in [1.82, 2.24) is 10.7 Å². The fourth-order valence-electron chi connectivity index (χ4n) is 2.05. The van der Waals surface area contributed by atoms with Crippen molar-refractivity contribution >= 4 is 27.6 Å². The van der Waals surface area contributed by atoms with Crippen molar-refractivity contribution in [3.8, 4) is 0 Å². The molecule has 0 aliphatic rings. The van der Waals surface area contributed by atoms with Crippen molar-refractivity contribution in [2.75, 3.05) is 14.1 Å². The van der Waals surface area contributed by atoms with Gasteiger partial charge in [-0.05, 0) is 24.3 Å². The normalized spacial score (nSPS) is 12.9. The van der Waals surface area contributed by atoms with Crippen LogP contribution >= 0.6 is 15.9 Å². The lowest BCUT2D eigenvalue weighted by Crippen LogP contribution is -2.32. The van der Waals surface area contributed by atoms with Crippen LogP contribution in [0.2, 0.25) is 0 Å². The van der Waals surface area contributed by atoms with E-state index in [4.69, 9.17) is 0 Å². The van der Waals surface area contributed by atoms with Crippen LogP contribution in [0, 0.1) is 0 Å². The van der Waals surface area contributed by atoms with Gasteiger partial charge in [0.2, 0.25) is 5.96 Å². The van der Waals surface area contributed by atoms with Crippen LogP contribution in [0.4, 0.5) is 13.2 Å². The number of guanidine groups is 1. The molecule has 0 spiro atoms. The van der Waals surface area contributed by atoms with Gasteiger partial charge in [-0.2, -0.15) is 18.3 Å². The van der Waals surface area contributed by atoms with Crippen LogP contribution in [0.1, 0.15) is 16.7 Å². The van der Waals surface area contributed by atoms with E-state index in [0.717, 1.165) is 22.2 Å². The highest BCUT2D eigenvalue weighted by molar-refractivity contribution is 9.10. The molecule has 0 aliphatic heterocycles. The third kappa shape index (κ3) is 5.06. The molecule has 0 heterocycles. The minimum absolute atomic E-state index is 0.432. The summed E-state index contributed by atoms with van der Waals surface area (Å²) in [5.74, 6) is 0.432. The number of nitrogens with one attached hydrogen (secondary N) is 2. The molecule has 0 aliphatic carbocycles. The second-order valence-corrected chi connectivity index (χ2v) is 5.89. The maximum Gasteiger partial charge on any atom is 0.416 e. The Bertz CT molecular complexity index is 766. The molecule has 0 unspecified atom stereocenters. The molecular weight excluding hydrogens is 397 g/mol.